The summed E-state index contributed by atoms with van der Waals surface area (Å²) < 4.78 is 45.3. The molecule has 0 heterocycles. The van der Waals surface area contributed by atoms with Crippen molar-refractivity contribution in [2.45, 2.75) is 19.9 Å². The lowest BCUT2D eigenvalue weighted by molar-refractivity contribution is 0.456. The van der Waals surface area contributed by atoms with E-state index < -0.39 is 23.5 Å². The third-order valence-electron chi connectivity index (χ3n) is 2.85. The normalized spacial score (nSPS) is 12.3. The smallest absolute Gasteiger partial charge is 0.133 e. The molecule has 106 valence electrons. The molecule has 2 nitrogen and oxygen atoms in total. The number of hydrogen-bond donors (Lipinski definition) is 1. The first-order valence-corrected chi connectivity index (χ1v) is 6.06. The second-order valence-corrected chi connectivity index (χ2v) is 4.64. The van der Waals surface area contributed by atoms with Crippen molar-refractivity contribution in [3.8, 4) is 11.5 Å². The molecule has 1 atom stereocenters. The Labute approximate surface area is 115 Å². The van der Waals surface area contributed by atoms with Gasteiger partial charge in [-0.2, -0.15) is 0 Å². The molecule has 0 aromatic heterocycles. The lowest BCUT2D eigenvalue weighted by Crippen LogP contribution is -2.08. The Kier molecular flexibility index (Phi) is 3.99. The Balaban J connectivity index is 2.44. The van der Waals surface area contributed by atoms with Crippen molar-refractivity contribution in [3.05, 3.63) is 58.9 Å². The standard InChI is InChI=1S/C15H14F3NO/c1-8-3-15(13(9(2)19)7-14(8)18)20-12-5-10(16)4-11(17)6-12/h3-7,9H,19H2,1-2H3/t9-/m1/s1. The van der Waals surface area contributed by atoms with Crippen LogP contribution in [0.5, 0.6) is 11.5 Å². The number of ether oxygens (including phenoxy) is 1. The van der Waals surface area contributed by atoms with Crippen LogP contribution < -0.4 is 10.5 Å². The molecular formula is C15H14F3NO. The molecule has 0 radical (unpaired) electrons. The van der Waals surface area contributed by atoms with Gasteiger partial charge in [0.2, 0.25) is 0 Å². The number of hydrogen-bond acceptors (Lipinski definition) is 2. The molecule has 0 aliphatic rings. The summed E-state index contributed by atoms with van der Waals surface area (Å²) in [5.41, 5.74) is 6.54. The highest BCUT2D eigenvalue weighted by Gasteiger charge is 2.13. The first-order valence-electron chi connectivity index (χ1n) is 6.06. The minimum absolute atomic E-state index is 0.00425. The first-order chi connectivity index (χ1) is 9.36. The summed E-state index contributed by atoms with van der Waals surface area (Å²) in [5, 5.41) is 0. The molecule has 0 unspecified atom stereocenters. The van der Waals surface area contributed by atoms with Crippen LogP contribution in [-0.2, 0) is 0 Å². The minimum atomic E-state index is -0.749. The number of nitrogens with two attached hydrogens (primary N) is 1. The Morgan fingerprint density at radius 3 is 2.15 bits per heavy atom. The fourth-order valence-electron chi connectivity index (χ4n) is 1.83. The fraction of sp³-hybridized carbons (Fsp3) is 0.200. The van der Waals surface area contributed by atoms with Crippen molar-refractivity contribution in [2.24, 2.45) is 5.73 Å². The minimum Gasteiger partial charge on any atom is -0.457 e. The SMILES string of the molecule is Cc1cc(Oc2cc(F)cc(F)c2)c([C@@H](C)N)cc1F. The summed E-state index contributed by atoms with van der Waals surface area (Å²) in [7, 11) is 0. The Hall–Kier alpha value is -2.01. The largest absolute Gasteiger partial charge is 0.457 e. The van der Waals surface area contributed by atoms with E-state index in [1.165, 1.54) is 12.1 Å². The van der Waals surface area contributed by atoms with Crippen LogP contribution in [0, 0.1) is 24.4 Å². The predicted molar refractivity (Wildman–Crippen MR) is 70.2 cm³/mol. The van der Waals surface area contributed by atoms with E-state index in [-0.39, 0.29) is 11.5 Å². The van der Waals surface area contributed by atoms with E-state index in [0.717, 1.165) is 18.2 Å². The van der Waals surface area contributed by atoms with Crippen molar-refractivity contribution in [3.63, 3.8) is 0 Å². The molecule has 0 amide bonds. The van der Waals surface area contributed by atoms with Gasteiger partial charge in [0.1, 0.15) is 29.0 Å². The highest BCUT2D eigenvalue weighted by molar-refractivity contribution is 5.42. The lowest BCUT2D eigenvalue weighted by atomic mass is 10.1. The molecule has 0 spiro atoms. The van der Waals surface area contributed by atoms with Gasteiger partial charge in [-0.25, -0.2) is 13.2 Å². The van der Waals surface area contributed by atoms with Gasteiger partial charge in [-0.15, -0.1) is 0 Å². The molecule has 2 aromatic carbocycles. The van der Waals surface area contributed by atoms with E-state index >= 15 is 0 Å². The summed E-state index contributed by atoms with van der Waals surface area (Å²) in [6.45, 7) is 3.24. The van der Waals surface area contributed by atoms with Gasteiger partial charge in [0.05, 0.1) is 0 Å². The van der Waals surface area contributed by atoms with E-state index in [2.05, 4.69) is 0 Å². The zero-order chi connectivity index (χ0) is 14.9. The number of aryl methyl sites for hydroxylation is 1. The zero-order valence-electron chi connectivity index (χ0n) is 11.1. The summed E-state index contributed by atoms with van der Waals surface area (Å²) >= 11 is 0. The number of halogens is 3. The molecule has 20 heavy (non-hydrogen) atoms. The first kappa shape index (κ1) is 14.4. The molecule has 0 saturated heterocycles. The van der Waals surface area contributed by atoms with Crippen LogP contribution in [0.1, 0.15) is 24.1 Å². The van der Waals surface area contributed by atoms with E-state index in [0.29, 0.717) is 11.1 Å². The molecule has 5 heteroatoms. The maximum atomic E-state index is 13.6. The molecular weight excluding hydrogens is 267 g/mol. The fourth-order valence-corrected chi connectivity index (χ4v) is 1.83. The summed E-state index contributed by atoms with van der Waals surface area (Å²) in [5.74, 6) is -1.63. The van der Waals surface area contributed by atoms with Gasteiger partial charge < -0.3 is 10.5 Å². The topological polar surface area (TPSA) is 35.2 Å². The maximum Gasteiger partial charge on any atom is 0.133 e. The summed E-state index contributed by atoms with van der Waals surface area (Å²) in [6, 6.07) is 5.09. The quantitative estimate of drug-likeness (QED) is 0.914. The van der Waals surface area contributed by atoms with Crippen molar-refractivity contribution >= 4 is 0 Å². The van der Waals surface area contributed by atoms with Crippen molar-refractivity contribution in [1.29, 1.82) is 0 Å². The predicted octanol–water partition coefficient (Wildman–Crippen LogP) is 4.22. The van der Waals surface area contributed by atoms with Crippen molar-refractivity contribution in [2.75, 3.05) is 0 Å². The van der Waals surface area contributed by atoms with Crippen LogP contribution >= 0.6 is 0 Å². The molecule has 2 aromatic rings. The highest BCUT2D eigenvalue weighted by atomic mass is 19.1. The van der Waals surface area contributed by atoms with Gasteiger partial charge >= 0.3 is 0 Å². The van der Waals surface area contributed by atoms with E-state index in [1.807, 2.05) is 0 Å². The lowest BCUT2D eigenvalue weighted by Gasteiger charge is -2.15. The zero-order valence-corrected chi connectivity index (χ0v) is 11.1. The van der Waals surface area contributed by atoms with Crippen LogP contribution in [-0.4, -0.2) is 0 Å². The monoisotopic (exact) mass is 281 g/mol. The highest BCUT2D eigenvalue weighted by Crippen LogP contribution is 2.31. The van der Waals surface area contributed by atoms with Gasteiger partial charge in [0.25, 0.3) is 0 Å². The number of rotatable bonds is 3. The van der Waals surface area contributed by atoms with Crippen LogP contribution in [0.25, 0.3) is 0 Å². The van der Waals surface area contributed by atoms with Crippen LogP contribution in [0.2, 0.25) is 0 Å². The average molecular weight is 281 g/mol. The molecule has 0 bridgehead atoms. The Bertz CT molecular complexity index is 621. The molecule has 0 aliphatic carbocycles. The van der Waals surface area contributed by atoms with Crippen molar-refractivity contribution < 1.29 is 17.9 Å². The Morgan fingerprint density at radius 1 is 1.00 bits per heavy atom. The van der Waals surface area contributed by atoms with Crippen LogP contribution in [0.15, 0.2) is 30.3 Å². The third kappa shape index (κ3) is 3.11. The van der Waals surface area contributed by atoms with Gasteiger partial charge in [-0.1, -0.05) is 0 Å². The molecule has 0 aliphatic heterocycles. The van der Waals surface area contributed by atoms with E-state index in [1.54, 1.807) is 13.8 Å². The van der Waals surface area contributed by atoms with Gasteiger partial charge in [0.15, 0.2) is 0 Å². The second kappa shape index (κ2) is 5.54. The molecule has 2 N–H and O–H groups in total. The van der Waals surface area contributed by atoms with Crippen molar-refractivity contribution in [1.82, 2.24) is 0 Å². The third-order valence-corrected chi connectivity index (χ3v) is 2.85. The maximum absolute atomic E-state index is 13.6. The molecule has 2 rings (SSSR count). The summed E-state index contributed by atoms with van der Waals surface area (Å²) in [4.78, 5) is 0. The van der Waals surface area contributed by atoms with Crippen LogP contribution in [0.4, 0.5) is 13.2 Å². The summed E-state index contributed by atoms with van der Waals surface area (Å²) in [6.07, 6.45) is 0. The van der Waals surface area contributed by atoms with Crippen LogP contribution in [0.3, 0.4) is 0 Å². The van der Waals surface area contributed by atoms with E-state index in [4.69, 9.17) is 10.5 Å². The van der Waals surface area contributed by atoms with Gasteiger partial charge in [-0.05, 0) is 31.5 Å². The molecule has 0 saturated carbocycles. The van der Waals surface area contributed by atoms with E-state index in [9.17, 15) is 13.2 Å². The second-order valence-electron chi connectivity index (χ2n) is 4.64. The van der Waals surface area contributed by atoms with Gasteiger partial charge in [-0.3, -0.25) is 0 Å². The Morgan fingerprint density at radius 2 is 1.60 bits per heavy atom. The average Bonchev–Trinajstić information content (AvgIpc) is 2.31. The molecule has 0 fully saturated rings. The number of benzene rings is 2. The van der Waals surface area contributed by atoms with Gasteiger partial charge in [0, 0.05) is 29.8 Å².